The molecule has 0 aromatic carbocycles. The standard InChI is InChI=1S/C11H12BrClN4/c1-2-17-11(9(13)6-16-17)10(14)7-3-8(12)5-15-4-7/h3-6,10H,2,14H2,1H3. The van der Waals surface area contributed by atoms with Crippen molar-refractivity contribution >= 4 is 27.5 Å². The Morgan fingerprint density at radius 2 is 2.24 bits per heavy atom. The molecule has 1 atom stereocenters. The molecule has 0 saturated carbocycles. The van der Waals surface area contributed by atoms with E-state index in [4.69, 9.17) is 17.3 Å². The van der Waals surface area contributed by atoms with Crippen molar-refractivity contribution in [2.75, 3.05) is 0 Å². The molecular formula is C11H12BrClN4. The van der Waals surface area contributed by atoms with Gasteiger partial charge in [-0.2, -0.15) is 5.10 Å². The number of pyridine rings is 1. The summed E-state index contributed by atoms with van der Waals surface area (Å²) < 4.78 is 2.69. The number of nitrogens with two attached hydrogens (primary N) is 1. The Labute approximate surface area is 113 Å². The van der Waals surface area contributed by atoms with Gasteiger partial charge in [-0.1, -0.05) is 11.6 Å². The number of rotatable bonds is 3. The minimum atomic E-state index is -0.324. The Morgan fingerprint density at radius 3 is 2.88 bits per heavy atom. The van der Waals surface area contributed by atoms with Gasteiger partial charge in [0.2, 0.25) is 0 Å². The van der Waals surface area contributed by atoms with Crippen LogP contribution in [0.4, 0.5) is 0 Å². The average molecular weight is 316 g/mol. The molecule has 0 radical (unpaired) electrons. The summed E-state index contributed by atoms with van der Waals surface area (Å²) in [5.41, 5.74) is 7.91. The van der Waals surface area contributed by atoms with Crippen LogP contribution in [0.15, 0.2) is 29.1 Å². The van der Waals surface area contributed by atoms with E-state index in [1.54, 1.807) is 23.3 Å². The van der Waals surface area contributed by atoms with Crippen LogP contribution in [-0.2, 0) is 6.54 Å². The minimum Gasteiger partial charge on any atom is -0.319 e. The number of halogens is 2. The largest absolute Gasteiger partial charge is 0.319 e. The molecule has 6 heteroatoms. The van der Waals surface area contributed by atoms with Gasteiger partial charge in [0.25, 0.3) is 0 Å². The van der Waals surface area contributed by atoms with Gasteiger partial charge in [0.05, 0.1) is 23.0 Å². The van der Waals surface area contributed by atoms with Gasteiger partial charge in [0.1, 0.15) is 0 Å². The molecule has 90 valence electrons. The summed E-state index contributed by atoms with van der Waals surface area (Å²) in [6.45, 7) is 2.73. The SMILES string of the molecule is CCn1ncc(Cl)c1C(N)c1cncc(Br)c1. The van der Waals surface area contributed by atoms with Gasteiger partial charge in [-0.3, -0.25) is 9.67 Å². The van der Waals surface area contributed by atoms with E-state index in [9.17, 15) is 0 Å². The lowest BCUT2D eigenvalue weighted by molar-refractivity contribution is 0.600. The van der Waals surface area contributed by atoms with Crippen LogP contribution in [0.25, 0.3) is 0 Å². The average Bonchev–Trinajstić information content (AvgIpc) is 2.69. The lowest BCUT2D eigenvalue weighted by Gasteiger charge is -2.14. The van der Waals surface area contributed by atoms with Gasteiger partial charge in [0, 0.05) is 23.4 Å². The molecule has 0 aliphatic heterocycles. The highest BCUT2D eigenvalue weighted by Gasteiger charge is 2.18. The zero-order chi connectivity index (χ0) is 12.4. The zero-order valence-corrected chi connectivity index (χ0v) is 11.6. The van der Waals surface area contributed by atoms with Crippen LogP contribution >= 0.6 is 27.5 Å². The van der Waals surface area contributed by atoms with Crippen molar-refractivity contribution in [3.05, 3.63) is 45.4 Å². The minimum absolute atomic E-state index is 0.324. The normalized spacial score (nSPS) is 12.7. The van der Waals surface area contributed by atoms with Gasteiger partial charge in [0.15, 0.2) is 0 Å². The lowest BCUT2D eigenvalue weighted by Crippen LogP contribution is -2.17. The summed E-state index contributed by atoms with van der Waals surface area (Å²) >= 11 is 9.49. The summed E-state index contributed by atoms with van der Waals surface area (Å²) in [5, 5.41) is 4.76. The van der Waals surface area contributed by atoms with Crippen LogP contribution in [0, 0.1) is 0 Å². The monoisotopic (exact) mass is 314 g/mol. The Bertz CT molecular complexity index is 526. The van der Waals surface area contributed by atoms with E-state index in [0.717, 1.165) is 22.3 Å². The van der Waals surface area contributed by atoms with E-state index < -0.39 is 0 Å². The Hall–Kier alpha value is -0.910. The number of hydrogen-bond donors (Lipinski definition) is 1. The van der Waals surface area contributed by atoms with Gasteiger partial charge in [-0.15, -0.1) is 0 Å². The summed E-state index contributed by atoms with van der Waals surface area (Å²) in [5.74, 6) is 0. The van der Waals surface area contributed by atoms with Crippen molar-refractivity contribution in [3.8, 4) is 0 Å². The van der Waals surface area contributed by atoms with Crippen LogP contribution in [-0.4, -0.2) is 14.8 Å². The van der Waals surface area contributed by atoms with E-state index in [2.05, 4.69) is 26.0 Å². The van der Waals surface area contributed by atoms with E-state index >= 15 is 0 Å². The van der Waals surface area contributed by atoms with Crippen LogP contribution in [0.3, 0.4) is 0 Å². The second-order valence-corrected chi connectivity index (χ2v) is 4.93. The first kappa shape index (κ1) is 12.5. The topological polar surface area (TPSA) is 56.7 Å². The third-order valence-electron chi connectivity index (χ3n) is 2.51. The number of nitrogens with zero attached hydrogens (tertiary/aromatic N) is 3. The predicted octanol–water partition coefficient (Wildman–Crippen LogP) is 2.76. The molecule has 0 aliphatic rings. The van der Waals surface area contributed by atoms with Crippen molar-refractivity contribution < 1.29 is 0 Å². The molecule has 0 fully saturated rings. The van der Waals surface area contributed by atoms with Crippen molar-refractivity contribution in [1.29, 1.82) is 0 Å². The van der Waals surface area contributed by atoms with Crippen LogP contribution in [0.2, 0.25) is 5.02 Å². The van der Waals surface area contributed by atoms with Crippen molar-refractivity contribution in [3.63, 3.8) is 0 Å². The van der Waals surface area contributed by atoms with Crippen molar-refractivity contribution in [1.82, 2.24) is 14.8 Å². The Balaban J connectivity index is 2.43. The molecule has 2 heterocycles. The van der Waals surface area contributed by atoms with Crippen LogP contribution in [0.1, 0.15) is 24.2 Å². The summed E-state index contributed by atoms with van der Waals surface area (Å²) in [6.07, 6.45) is 5.07. The molecule has 2 aromatic heterocycles. The van der Waals surface area contributed by atoms with Gasteiger partial charge < -0.3 is 5.73 Å². The first-order valence-corrected chi connectivity index (χ1v) is 6.37. The van der Waals surface area contributed by atoms with Crippen LogP contribution < -0.4 is 5.73 Å². The second-order valence-electron chi connectivity index (χ2n) is 3.61. The van der Waals surface area contributed by atoms with Gasteiger partial charge in [-0.25, -0.2) is 0 Å². The second kappa shape index (κ2) is 5.16. The van der Waals surface area contributed by atoms with Gasteiger partial charge >= 0.3 is 0 Å². The molecule has 0 amide bonds. The van der Waals surface area contributed by atoms with E-state index in [-0.39, 0.29) is 6.04 Å². The van der Waals surface area contributed by atoms with Crippen LogP contribution in [0.5, 0.6) is 0 Å². The molecule has 17 heavy (non-hydrogen) atoms. The van der Waals surface area contributed by atoms with Crippen molar-refractivity contribution in [2.45, 2.75) is 19.5 Å². The number of aryl methyl sites for hydroxylation is 1. The maximum absolute atomic E-state index is 6.20. The molecule has 0 saturated heterocycles. The molecular weight excluding hydrogens is 304 g/mol. The number of hydrogen-bond acceptors (Lipinski definition) is 3. The maximum Gasteiger partial charge on any atom is 0.0837 e. The maximum atomic E-state index is 6.20. The predicted molar refractivity (Wildman–Crippen MR) is 70.9 cm³/mol. The fraction of sp³-hybridized carbons (Fsp3) is 0.273. The quantitative estimate of drug-likeness (QED) is 0.947. The van der Waals surface area contributed by atoms with Crippen molar-refractivity contribution in [2.24, 2.45) is 5.73 Å². The Morgan fingerprint density at radius 1 is 1.47 bits per heavy atom. The highest BCUT2D eigenvalue weighted by molar-refractivity contribution is 9.10. The third kappa shape index (κ3) is 2.51. The highest BCUT2D eigenvalue weighted by atomic mass is 79.9. The number of aromatic nitrogens is 3. The molecule has 0 spiro atoms. The molecule has 2 N–H and O–H groups in total. The first-order valence-electron chi connectivity index (χ1n) is 5.20. The molecule has 1 unspecified atom stereocenters. The summed E-state index contributed by atoms with van der Waals surface area (Å²) in [6, 6.07) is 1.61. The molecule has 0 aliphatic carbocycles. The highest BCUT2D eigenvalue weighted by Crippen LogP contribution is 2.27. The lowest BCUT2D eigenvalue weighted by atomic mass is 10.1. The zero-order valence-electron chi connectivity index (χ0n) is 9.27. The van der Waals surface area contributed by atoms with E-state index in [1.165, 1.54) is 0 Å². The van der Waals surface area contributed by atoms with E-state index in [1.807, 2.05) is 13.0 Å². The fourth-order valence-electron chi connectivity index (χ4n) is 1.69. The summed E-state index contributed by atoms with van der Waals surface area (Å²) in [4.78, 5) is 4.10. The Kier molecular flexibility index (Phi) is 3.81. The molecule has 4 nitrogen and oxygen atoms in total. The smallest absolute Gasteiger partial charge is 0.0837 e. The third-order valence-corrected chi connectivity index (χ3v) is 3.24. The summed E-state index contributed by atoms with van der Waals surface area (Å²) in [7, 11) is 0. The van der Waals surface area contributed by atoms with Gasteiger partial charge in [-0.05, 0) is 34.5 Å². The first-order chi connectivity index (χ1) is 8.13. The molecule has 0 bridgehead atoms. The molecule has 2 aromatic rings. The van der Waals surface area contributed by atoms with E-state index in [0.29, 0.717) is 5.02 Å². The fourth-order valence-corrected chi connectivity index (χ4v) is 2.33. The molecule has 2 rings (SSSR count).